The highest BCUT2D eigenvalue weighted by molar-refractivity contribution is 5.64. The summed E-state index contributed by atoms with van der Waals surface area (Å²) in [4.78, 5) is 4.28. The SMILES string of the molecule is NCc1ccc(-c2cnc3c(c2)CCC(C(F)(F)F)C3)cc1. The Bertz CT molecular complexity index is 663. The van der Waals surface area contributed by atoms with Gasteiger partial charge < -0.3 is 5.73 Å². The lowest BCUT2D eigenvalue weighted by molar-refractivity contribution is -0.177. The van der Waals surface area contributed by atoms with Gasteiger partial charge in [-0.2, -0.15) is 13.2 Å². The van der Waals surface area contributed by atoms with Crippen molar-refractivity contribution >= 4 is 0 Å². The van der Waals surface area contributed by atoms with Crippen molar-refractivity contribution in [3.63, 3.8) is 0 Å². The number of halogens is 3. The lowest BCUT2D eigenvalue weighted by Gasteiger charge is -2.26. The molecule has 1 aromatic carbocycles. The van der Waals surface area contributed by atoms with Crippen molar-refractivity contribution < 1.29 is 13.2 Å². The summed E-state index contributed by atoms with van der Waals surface area (Å²) < 4.78 is 38.4. The van der Waals surface area contributed by atoms with Gasteiger partial charge in [0.1, 0.15) is 0 Å². The Kier molecular flexibility index (Phi) is 3.91. The van der Waals surface area contributed by atoms with Crippen LogP contribution >= 0.6 is 0 Å². The van der Waals surface area contributed by atoms with E-state index in [1.165, 1.54) is 0 Å². The molecule has 2 aromatic rings. The van der Waals surface area contributed by atoms with Crippen molar-refractivity contribution in [2.45, 2.75) is 32.0 Å². The third-order valence-electron chi connectivity index (χ3n) is 4.25. The molecule has 0 saturated heterocycles. The number of pyridine rings is 1. The van der Waals surface area contributed by atoms with Crippen LogP contribution in [-0.4, -0.2) is 11.2 Å². The molecule has 2 N–H and O–H groups in total. The second kappa shape index (κ2) is 5.72. The molecule has 22 heavy (non-hydrogen) atoms. The first-order valence-electron chi connectivity index (χ1n) is 7.31. The number of nitrogens with zero attached hydrogens (tertiary/aromatic N) is 1. The summed E-state index contributed by atoms with van der Waals surface area (Å²) in [6.45, 7) is 0.488. The number of aromatic nitrogens is 1. The third kappa shape index (κ3) is 2.99. The molecular formula is C17H17F3N2. The summed E-state index contributed by atoms with van der Waals surface area (Å²) >= 11 is 0. The van der Waals surface area contributed by atoms with Gasteiger partial charge in [-0.25, -0.2) is 0 Å². The Morgan fingerprint density at radius 2 is 1.86 bits per heavy atom. The molecule has 1 aliphatic carbocycles. The number of aryl methyl sites for hydroxylation is 1. The number of hydrogen-bond acceptors (Lipinski definition) is 2. The number of nitrogens with two attached hydrogens (primary N) is 1. The zero-order chi connectivity index (χ0) is 15.7. The average Bonchev–Trinajstić information content (AvgIpc) is 2.53. The van der Waals surface area contributed by atoms with Crippen LogP contribution in [0.3, 0.4) is 0 Å². The van der Waals surface area contributed by atoms with E-state index in [1.807, 2.05) is 30.3 Å². The summed E-state index contributed by atoms with van der Waals surface area (Å²) in [5.41, 5.74) is 10.1. The molecule has 1 unspecified atom stereocenters. The van der Waals surface area contributed by atoms with Crippen LogP contribution in [0.1, 0.15) is 23.2 Å². The number of fused-ring (bicyclic) bond motifs is 1. The minimum Gasteiger partial charge on any atom is -0.326 e. The van der Waals surface area contributed by atoms with Crippen LogP contribution in [0, 0.1) is 5.92 Å². The minimum atomic E-state index is -4.13. The lowest BCUT2D eigenvalue weighted by Crippen LogP contribution is -2.29. The van der Waals surface area contributed by atoms with Crippen molar-refractivity contribution in [1.82, 2.24) is 4.98 Å². The van der Waals surface area contributed by atoms with E-state index >= 15 is 0 Å². The maximum Gasteiger partial charge on any atom is 0.392 e. The molecule has 3 rings (SSSR count). The minimum absolute atomic E-state index is 0.00871. The summed E-state index contributed by atoms with van der Waals surface area (Å²) in [7, 11) is 0. The summed E-state index contributed by atoms with van der Waals surface area (Å²) in [5, 5.41) is 0. The molecule has 0 spiro atoms. The smallest absolute Gasteiger partial charge is 0.326 e. The second-order valence-corrected chi connectivity index (χ2v) is 5.71. The van der Waals surface area contributed by atoms with Gasteiger partial charge in [-0.3, -0.25) is 4.98 Å². The molecule has 1 atom stereocenters. The number of benzene rings is 1. The maximum absolute atomic E-state index is 12.8. The quantitative estimate of drug-likeness (QED) is 0.914. The first kappa shape index (κ1) is 15.0. The van der Waals surface area contributed by atoms with Crippen molar-refractivity contribution in [3.05, 3.63) is 53.3 Å². The van der Waals surface area contributed by atoms with E-state index in [0.29, 0.717) is 18.7 Å². The molecule has 0 saturated carbocycles. The van der Waals surface area contributed by atoms with Gasteiger partial charge in [0, 0.05) is 30.4 Å². The molecule has 0 radical (unpaired) electrons. The van der Waals surface area contributed by atoms with Crippen LogP contribution in [0.4, 0.5) is 13.2 Å². The highest BCUT2D eigenvalue weighted by Gasteiger charge is 2.41. The standard InChI is InChI=1S/C17H17F3N2/c18-17(19,20)15-6-5-13-7-14(10-22-16(13)8-15)12-3-1-11(9-21)2-4-12/h1-4,7,10,15H,5-6,8-9,21H2. The van der Waals surface area contributed by atoms with Gasteiger partial charge in [-0.15, -0.1) is 0 Å². The van der Waals surface area contributed by atoms with Crippen LogP contribution in [0.2, 0.25) is 0 Å². The van der Waals surface area contributed by atoms with Crippen molar-refractivity contribution in [2.75, 3.05) is 0 Å². The van der Waals surface area contributed by atoms with E-state index in [0.717, 1.165) is 22.3 Å². The van der Waals surface area contributed by atoms with Gasteiger partial charge in [0.25, 0.3) is 0 Å². The molecule has 1 aromatic heterocycles. The topological polar surface area (TPSA) is 38.9 Å². The Morgan fingerprint density at radius 3 is 2.50 bits per heavy atom. The van der Waals surface area contributed by atoms with E-state index in [1.54, 1.807) is 6.20 Å². The fraction of sp³-hybridized carbons (Fsp3) is 0.353. The largest absolute Gasteiger partial charge is 0.392 e. The van der Waals surface area contributed by atoms with Crippen LogP contribution in [-0.2, 0) is 19.4 Å². The number of rotatable bonds is 2. The van der Waals surface area contributed by atoms with Crippen LogP contribution in [0.5, 0.6) is 0 Å². The molecule has 0 bridgehead atoms. The fourth-order valence-corrected chi connectivity index (χ4v) is 2.87. The zero-order valence-electron chi connectivity index (χ0n) is 12.0. The van der Waals surface area contributed by atoms with E-state index < -0.39 is 12.1 Å². The number of alkyl halides is 3. The van der Waals surface area contributed by atoms with Crippen LogP contribution in [0.15, 0.2) is 36.5 Å². The Morgan fingerprint density at radius 1 is 1.14 bits per heavy atom. The summed E-state index contributed by atoms with van der Waals surface area (Å²) in [6.07, 6.45) is -1.90. The van der Waals surface area contributed by atoms with E-state index in [-0.39, 0.29) is 12.8 Å². The van der Waals surface area contributed by atoms with Crippen molar-refractivity contribution in [2.24, 2.45) is 11.7 Å². The van der Waals surface area contributed by atoms with Crippen molar-refractivity contribution in [3.8, 4) is 11.1 Å². The van der Waals surface area contributed by atoms with Gasteiger partial charge in [0.2, 0.25) is 0 Å². The van der Waals surface area contributed by atoms with E-state index in [2.05, 4.69) is 4.98 Å². The van der Waals surface area contributed by atoms with Crippen LogP contribution in [0.25, 0.3) is 11.1 Å². The molecule has 2 nitrogen and oxygen atoms in total. The van der Waals surface area contributed by atoms with Crippen LogP contribution < -0.4 is 5.73 Å². The predicted molar refractivity (Wildman–Crippen MR) is 79.1 cm³/mol. The maximum atomic E-state index is 12.8. The van der Waals surface area contributed by atoms with Gasteiger partial charge in [-0.1, -0.05) is 24.3 Å². The Hall–Kier alpha value is -1.88. The molecule has 1 aliphatic rings. The number of hydrogen-bond donors (Lipinski definition) is 1. The first-order chi connectivity index (χ1) is 10.5. The Labute approximate surface area is 127 Å². The highest BCUT2D eigenvalue weighted by Crippen LogP contribution is 2.37. The first-order valence-corrected chi connectivity index (χ1v) is 7.31. The molecule has 0 aliphatic heterocycles. The molecule has 116 valence electrons. The van der Waals surface area contributed by atoms with Crippen molar-refractivity contribution in [1.29, 1.82) is 0 Å². The summed E-state index contributed by atoms with van der Waals surface area (Å²) in [5.74, 6) is -1.26. The van der Waals surface area contributed by atoms with E-state index in [9.17, 15) is 13.2 Å². The van der Waals surface area contributed by atoms with E-state index in [4.69, 9.17) is 5.73 Å². The monoisotopic (exact) mass is 306 g/mol. The van der Waals surface area contributed by atoms with Gasteiger partial charge in [0.05, 0.1) is 5.92 Å². The predicted octanol–water partition coefficient (Wildman–Crippen LogP) is 3.87. The molecular weight excluding hydrogens is 289 g/mol. The molecule has 0 fully saturated rings. The fourth-order valence-electron chi connectivity index (χ4n) is 2.87. The zero-order valence-corrected chi connectivity index (χ0v) is 12.0. The summed E-state index contributed by atoms with van der Waals surface area (Å²) in [6, 6.07) is 9.80. The normalized spacial score (nSPS) is 18.1. The third-order valence-corrected chi connectivity index (χ3v) is 4.25. The second-order valence-electron chi connectivity index (χ2n) is 5.71. The highest BCUT2D eigenvalue weighted by atomic mass is 19.4. The molecule has 0 amide bonds. The molecule has 5 heteroatoms. The Balaban J connectivity index is 1.86. The lowest BCUT2D eigenvalue weighted by atomic mass is 9.85. The van der Waals surface area contributed by atoms with Gasteiger partial charge in [0.15, 0.2) is 0 Å². The van der Waals surface area contributed by atoms with Gasteiger partial charge >= 0.3 is 6.18 Å². The molecule has 1 heterocycles. The van der Waals surface area contributed by atoms with Gasteiger partial charge in [-0.05, 0) is 35.6 Å². The average molecular weight is 306 g/mol.